The van der Waals surface area contributed by atoms with Crippen LogP contribution in [0, 0.1) is 10.1 Å². The zero-order valence-electron chi connectivity index (χ0n) is 19.6. The Morgan fingerprint density at radius 3 is 2.21 bits per heavy atom. The predicted molar refractivity (Wildman–Crippen MR) is 122 cm³/mol. The third-order valence-corrected chi connectivity index (χ3v) is 6.22. The molecular weight excluding hydrogens is 444 g/mol. The quantitative estimate of drug-likeness (QED) is 0.294. The Morgan fingerprint density at radius 1 is 1.09 bits per heavy atom. The van der Waals surface area contributed by atoms with Gasteiger partial charge < -0.3 is 23.8 Å². The number of amides is 1. The molecule has 3 rings (SSSR count). The third-order valence-electron chi connectivity index (χ3n) is 6.22. The Morgan fingerprint density at radius 2 is 1.71 bits per heavy atom. The first kappa shape index (κ1) is 24.8. The molecule has 10 heteroatoms. The van der Waals surface area contributed by atoms with Crippen molar-refractivity contribution in [1.29, 1.82) is 0 Å². The van der Waals surface area contributed by atoms with Gasteiger partial charge in [0.2, 0.25) is 18.2 Å². The van der Waals surface area contributed by atoms with Gasteiger partial charge in [-0.2, -0.15) is 0 Å². The zero-order chi connectivity index (χ0) is 24.9. The maximum absolute atomic E-state index is 13.4. The number of ether oxygens (including phenoxy) is 4. The minimum atomic E-state index is -1.60. The van der Waals surface area contributed by atoms with Crippen LogP contribution in [0.4, 0.5) is 0 Å². The second kappa shape index (κ2) is 10.4. The van der Waals surface area contributed by atoms with E-state index in [-0.39, 0.29) is 36.8 Å². The van der Waals surface area contributed by atoms with Crippen LogP contribution in [0.1, 0.15) is 29.9 Å². The van der Waals surface area contributed by atoms with Crippen LogP contribution in [0.5, 0.6) is 17.2 Å². The molecule has 2 atom stereocenters. The summed E-state index contributed by atoms with van der Waals surface area (Å²) in [7, 11) is 5.52. The van der Waals surface area contributed by atoms with Crippen molar-refractivity contribution in [2.24, 2.45) is 0 Å². The van der Waals surface area contributed by atoms with Gasteiger partial charge >= 0.3 is 5.97 Å². The highest BCUT2D eigenvalue weighted by Crippen LogP contribution is 2.48. The minimum Gasteiger partial charge on any atom is -0.493 e. The molecule has 10 nitrogen and oxygen atoms in total. The summed E-state index contributed by atoms with van der Waals surface area (Å²) < 4.78 is 21.4. The number of hydrogen-bond donors (Lipinski definition) is 0. The van der Waals surface area contributed by atoms with E-state index in [1.807, 2.05) is 30.3 Å². The summed E-state index contributed by atoms with van der Waals surface area (Å²) in [5, 5.41) is 11.8. The fraction of sp³-hybridized carbons (Fsp3) is 0.417. The van der Waals surface area contributed by atoms with Crippen molar-refractivity contribution in [2.45, 2.75) is 30.8 Å². The standard InChI is InChI=1S/C24H28N2O8/c1-31-19-12-17(13-20(32-2)22(19)33-3)18(15-26(29)30)24(23(28)34-4)11-10-21(27)25(24)14-16-8-6-5-7-9-16/h5-9,12-13,18H,10-11,14-15H2,1-4H3/t18-,24-/m0/s1. The number of likely N-dealkylation sites (tertiary alicyclic amines) is 1. The smallest absolute Gasteiger partial charge is 0.332 e. The van der Waals surface area contributed by atoms with Crippen molar-refractivity contribution in [3.05, 3.63) is 63.7 Å². The minimum absolute atomic E-state index is 0.0561. The van der Waals surface area contributed by atoms with Gasteiger partial charge in [0.1, 0.15) is 0 Å². The Bertz CT molecular complexity index is 1030. The summed E-state index contributed by atoms with van der Waals surface area (Å²) in [4.78, 5) is 39.2. The molecule has 34 heavy (non-hydrogen) atoms. The first-order valence-corrected chi connectivity index (χ1v) is 10.7. The molecule has 0 N–H and O–H groups in total. The molecule has 0 aliphatic carbocycles. The van der Waals surface area contributed by atoms with Gasteiger partial charge in [0.25, 0.3) is 0 Å². The molecular formula is C24H28N2O8. The highest BCUT2D eigenvalue weighted by Gasteiger charge is 2.59. The molecule has 1 aliphatic rings. The second-order valence-electron chi connectivity index (χ2n) is 7.91. The average Bonchev–Trinajstić information content (AvgIpc) is 3.17. The summed E-state index contributed by atoms with van der Waals surface area (Å²) in [6.07, 6.45) is 0.126. The first-order chi connectivity index (χ1) is 16.3. The summed E-state index contributed by atoms with van der Waals surface area (Å²) in [6.45, 7) is -0.514. The van der Waals surface area contributed by atoms with E-state index < -0.39 is 28.9 Å². The van der Waals surface area contributed by atoms with Crippen molar-refractivity contribution in [3.63, 3.8) is 0 Å². The highest BCUT2D eigenvalue weighted by atomic mass is 16.6. The average molecular weight is 472 g/mol. The van der Waals surface area contributed by atoms with Gasteiger partial charge in [0.15, 0.2) is 17.0 Å². The van der Waals surface area contributed by atoms with Gasteiger partial charge in [-0.05, 0) is 29.7 Å². The molecule has 0 unspecified atom stereocenters. The number of carbonyl (C=O) groups is 2. The Kier molecular flexibility index (Phi) is 7.60. The van der Waals surface area contributed by atoms with Gasteiger partial charge in [-0.1, -0.05) is 30.3 Å². The molecule has 2 aromatic rings. The number of carbonyl (C=O) groups excluding carboxylic acids is 2. The molecule has 0 spiro atoms. The molecule has 1 aliphatic heterocycles. The van der Waals surface area contributed by atoms with Crippen LogP contribution in [0.2, 0.25) is 0 Å². The van der Waals surface area contributed by atoms with E-state index in [4.69, 9.17) is 18.9 Å². The normalized spacial score (nSPS) is 18.4. The largest absolute Gasteiger partial charge is 0.493 e. The van der Waals surface area contributed by atoms with Crippen molar-refractivity contribution in [3.8, 4) is 17.2 Å². The van der Waals surface area contributed by atoms with E-state index >= 15 is 0 Å². The Hall–Kier alpha value is -3.82. The fourth-order valence-electron chi connectivity index (χ4n) is 4.66. The molecule has 0 saturated carbocycles. The maximum atomic E-state index is 13.4. The lowest BCUT2D eigenvalue weighted by molar-refractivity contribution is -0.485. The Balaban J connectivity index is 2.24. The molecule has 182 valence electrons. The summed E-state index contributed by atoms with van der Waals surface area (Å²) >= 11 is 0. The predicted octanol–water partition coefficient (Wildman–Crippen LogP) is 2.81. The Labute approximate surface area is 197 Å². The summed E-state index contributed by atoms with van der Waals surface area (Å²) in [5.41, 5.74) is -0.417. The van der Waals surface area contributed by atoms with Crippen LogP contribution >= 0.6 is 0 Å². The molecule has 0 radical (unpaired) electrons. The van der Waals surface area contributed by atoms with Crippen molar-refractivity contribution >= 4 is 11.9 Å². The summed E-state index contributed by atoms with van der Waals surface area (Å²) in [6, 6.07) is 12.3. The van der Waals surface area contributed by atoms with Crippen molar-refractivity contribution < 1.29 is 33.5 Å². The summed E-state index contributed by atoms with van der Waals surface area (Å²) in [5.74, 6) is -1.17. The molecule has 1 heterocycles. The molecule has 2 aromatic carbocycles. The monoisotopic (exact) mass is 472 g/mol. The van der Waals surface area contributed by atoms with Crippen LogP contribution in [0.15, 0.2) is 42.5 Å². The number of benzene rings is 2. The number of nitro groups is 1. The van der Waals surface area contributed by atoms with Crippen LogP contribution in [0.25, 0.3) is 0 Å². The van der Waals surface area contributed by atoms with Crippen LogP contribution in [-0.2, 0) is 20.9 Å². The van der Waals surface area contributed by atoms with Crippen LogP contribution in [-0.4, -0.2) is 62.2 Å². The number of esters is 1. The van der Waals surface area contributed by atoms with Crippen molar-refractivity contribution in [1.82, 2.24) is 4.90 Å². The first-order valence-electron chi connectivity index (χ1n) is 10.7. The lowest BCUT2D eigenvalue weighted by atomic mass is 9.76. The van der Waals surface area contributed by atoms with Gasteiger partial charge in [-0.15, -0.1) is 0 Å². The van der Waals surface area contributed by atoms with E-state index in [2.05, 4.69) is 0 Å². The molecule has 1 saturated heterocycles. The maximum Gasteiger partial charge on any atom is 0.332 e. The molecule has 0 aromatic heterocycles. The fourth-order valence-corrected chi connectivity index (χ4v) is 4.66. The van der Waals surface area contributed by atoms with Crippen LogP contribution < -0.4 is 14.2 Å². The van der Waals surface area contributed by atoms with Gasteiger partial charge in [0, 0.05) is 17.9 Å². The van der Waals surface area contributed by atoms with Crippen molar-refractivity contribution in [2.75, 3.05) is 35.0 Å². The van der Waals surface area contributed by atoms with E-state index in [1.54, 1.807) is 12.1 Å². The van der Waals surface area contributed by atoms with Crippen LogP contribution in [0.3, 0.4) is 0 Å². The lowest BCUT2D eigenvalue weighted by Crippen LogP contribution is -2.57. The number of rotatable bonds is 10. The second-order valence-corrected chi connectivity index (χ2v) is 7.91. The third kappa shape index (κ3) is 4.48. The number of methoxy groups -OCH3 is 4. The lowest BCUT2D eigenvalue weighted by Gasteiger charge is -2.40. The SMILES string of the molecule is COC(=O)[C@@]1([C@@H](C[N+](=O)[O-])c2cc(OC)c(OC)c(OC)c2)CCC(=O)N1Cc1ccccc1. The van der Waals surface area contributed by atoms with E-state index in [1.165, 1.54) is 33.3 Å². The molecule has 1 fully saturated rings. The zero-order valence-corrected chi connectivity index (χ0v) is 19.6. The molecule has 1 amide bonds. The van der Waals surface area contributed by atoms with Gasteiger partial charge in [-0.3, -0.25) is 14.9 Å². The van der Waals surface area contributed by atoms with E-state index in [9.17, 15) is 19.7 Å². The van der Waals surface area contributed by atoms with Gasteiger partial charge in [0.05, 0.1) is 34.4 Å². The van der Waals surface area contributed by atoms with E-state index in [0.717, 1.165) is 5.56 Å². The highest BCUT2D eigenvalue weighted by molar-refractivity contribution is 5.93. The number of hydrogen-bond acceptors (Lipinski definition) is 8. The topological polar surface area (TPSA) is 117 Å². The molecule has 0 bridgehead atoms. The van der Waals surface area contributed by atoms with E-state index in [0.29, 0.717) is 11.3 Å². The number of nitrogens with zero attached hydrogens (tertiary/aromatic N) is 2. The van der Waals surface area contributed by atoms with Gasteiger partial charge in [-0.25, -0.2) is 4.79 Å².